The summed E-state index contributed by atoms with van der Waals surface area (Å²) in [5.41, 5.74) is 3.03. The number of hydrogen-bond donors (Lipinski definition) is 0. The van der Waals surface area contributed by atoms with Crippen LogP contribution in [0.2, 0.25) is 0 Å². The fourth-order valence-corrected chi connectivity index (χ4v) is 14.4. The minimum absolute atomic E-state index is 0.392. The standard InChI is InChI=1S/C94H158N4O8/c1-7-13-19-25-31-37-43-49-55-61-71-99-85-77-83(78-86(100-72-62-56-50-44-38-32-26-20-14-8-2)89(85)103-75-65-59-53-47-41-35-29-23-17-11-5)93-97-95-91(105-93)81-67-69-82(70-68-81)92-96-98-94(106-92)84-79-87(101-73-63-57-51-45-39-33-27-21-15-9-3)90(104-76-66-60-54-48-42-36-30-24-18-12-6)88(80-84)102-74-64-58-52-46-40-34-28-22-16-10-4/h67-70,77-80H,7-66,71-76H2,1-6H3. The zero-order valence-corrected chi connectivity index (χ0v) is 69.3. The Morgan fingerprint density at radius 3 is 0.519 bits per heavy atom. The van der Waals surface area contributed by atoms with Gasteiger partial charge in [0.15, 0.2) is 23.0 Å². The molecule has 0 aliphatic heterocycles. The summed E-state index contributed by atoms with van der Waals surface area (Å²) in [4.78, 5) is 0. The van der Waals surface area contributed by atoms with E-state index in [1.54, 1.807) is 0 Å². The molecule has 0 spiro atoms. The van der Waals surface area contributed by atoms with Crippen molar-refractivity contribution < 1.29 is 37.3 Å². The second-order valence-electron chi connectivity index (χ2n) is 31.2. The molecular formula is C94H158N4O8. The molecule has 12 heteroatoms. The van der Waals surface area contributed by atoms with Crippen molar-refractivity contribution in [1.82, 2.24) is 20.4 Å². The molecule has 0 amide bonds. The molecule has 0 radical (unpaired) electrons. The van der Waals surface area contributed by atoms with E-state index in [-0.39, 0.29) is 0 Å². The Bertz CT molecular complexity index is 2510. The average Bonchev–Trinajstić information content (AvgIpc) is 1.51. The third-order valence-electron chi connectivity index (χ3n) is 21.3. The lowest BCUT2D eigenvalue weighted by Gasteiger charge is -2.18. The molecule has 0 saturated carbocycles. The van der Waals surface area contributed by atoms with Gasteiger partial charge in [-0.05, 0) is 87.1 Å². The van der Waals surface area contributed by atoms with Crippen LogP contribution in [-0.4, -0.2) is 60.0 Å². The molecule has 602 valence electrons. The monoisotopic (exact) mass is 1470 g/mol. The van der Waals surface area contributed by atoms with E-state index in [4.69, 9.17) is 37.3 Å². The Kier molecular flexibility index (Phi) is 55.6. The van der Waals surface area contributed by atoms with Crippen molar-refractivity contribution in [3.05, 3.63) is 48.5 Å². The highest BCUT2D eigenvalue weighted by Gasteiger charge is 2.23. The van der Waals surface area contributed by atoms with Crippen molar-refractivity contribution in [3.63, 3.8) is 0 Å². The predicted molar refractivity (Wildman–Crippen MR) is 448 cm³/mol. The quantitative estimate of drug-likeness (QED) is 0.0343. The second kappa shape index (κ2) is 64.5. The first kappa shape index (κ1) is 91.4. The maximum absolute atomic E-state index is 6.76. The third-order valence-corrected chi connectivity index (χ3v) is 21.3. The number of nitrogens with zero attached hydrogens (tertiary/aromatic N) is 4. The molecule has 0 atom stereocenters. The van der Waals surface area contributed by atoms with E-state index in [1.165, 1.54) is 308 Å². The summed E-state index contributed by atoms with van der Waals surface area (Å²) in [6, 6.07) is 16.0. The highest BCUT2D eigenvalue weighted by molar-refractivity contribution is 5.69. The summed E-state index contributed by atoms with van der Waals surface area (Å²) in [5.74, 6) is 5.65. The summed E-state index contributed by atoms with van der Waals surface area (Å²) in [5, 5.41) is 18.6. The highest BCUT2D eigenvalue weighted by atomic mass is 16.5. The summed E-state index contributed by atoms with van der Waals surface area (Å²) in [6.07, 6.45) is 76.0. The zero-order chi connectivity index (χ0) is 74.9. The van der Waals surface area contributed by atoms with Gasteiger partial charge < -0.3 is 37.3 Å². The second-order valence-corrected chi connectivity index (χ2v) is 31.2. The molecule has 0 bridgehead atoms. The topological polar surface area (TPSA) is 133 Å². The van der Waals surface area contributed by atoms with Gasteiger partial charge in [0, 0.05) is 22.3 Å². The molecule has 12 nitrogen and oxygen atoms in total. The Balaban J connectivity index is 1.36. The van der Waals surface area contributed by atoms with Gasteiger partial charge in [-0.3, -0.25) is 0 Å². The van der Waals surface area contributed by atoms with Gasteiger partial charge in [0.05, 0.1) is 39.6 Å². The lowest BCUT2D eigenvalue weighted by atomic mass is 10.1. The first-order chi connectivity index (χ1) is 52.5. The number of unbranched alkanes of at least 4 members (excludes halogenated alkanes) is 54. The molecule has 0 aliphatic rings. The first-order valence-electron chi connectivity index (χ1n) is 45.4. The third kappa shape index (κ3) is 42.6. The molecule has 106 heavy (non-hydrogen) atoms. The van der Waals surface area contributed by atoms with Gasteiger partial charge in [-0.2, -0.15) is 0 Å². The fraction of sp³-hybridized carbons (Fsp3) is 0.766. The van der Waals surface area contributed by atoms with Crippen molar-refractivity contribution >= 4 is 0 Å². The number of benzene rings is 3. The molecule has 2 aromatic heterocycles. The maximum Gasteiger partial charge on any atom is 0.248 e. The van der Waals surface area contributed by atoms with Crippen LogP contribution in [0.3, 0.4) is 0 Å². The lowest BCUT2D eigenvalue weighted by molar-refractivity contribution is 0.234. The maximum atomic E-state index is 6.76. The van der Waals surface area contributed by atoms with E-state index in [1.807, 2.05) is 48.5 Å². The van der Waals surface area contributed by atoms with E-state index in [0.717, 1.165) is 99.3 Å². The summed E-state index contributed by atoms with van der Waals surface area (Å²) in [7, 11) is 0. The highest BCUT2D eigenvalue weighted by Crippen LogP contribution is 2.45. The number of hydrogen-bond acceptors (Lipinski definition) is 12. The van der Waals surface area contributed by atoms with Gasteiger partial charge in [0.1, 0.15) is 0 Å². The van der Waals surface area contributed by atoms with E-state index in [9.17, 15) is 0 Å². The van der Waals surface area contributed by atoms with Gasteiger partial charge in [0.2, 0.25) is 35.1 Å². The van der Waals surface area contributed by atoms with Crippen LogP contribution in [0.4, 0.5) is 0 Å². The average molecular weight is 1470 g/mol. The largest absolute Gasteiger partial charge is 0.490 e. The zero-order valence-electron chi connectivity index (χ0n) is 69.3. The molecule has 0 N–H and O–H groups in total. The fourth-order valence-electron chi connectivity index (χ4n) is 14.4. The van der Waals surface area contributed by atoms with Crippen LogP contribution in [0.1, 0.15) is 427 Å². The van der Waals surface area contributed by atoms with Crippen molar-refractivity contribution in [2.24, 2.45) is 0 Å². The molecule has 5 aromatic rings. The molecule has 0 unspecified atom stereocenters. The van der Waals surface area contributed by atoms with E-state index in [0.29, 0.717) is 97.7 Å². The smallest absolute Gasteiger partial charge is 0.248 e. The van der Waals surface area contributed by atoms with Gasteiger partial charge in [-0.25, -0.2) is 0 Å². The van der Waals surface area contributed by atoms with Gasteiger partial charge in [-0.1, -0.05) is 388 Å². The Morgan fingerprint density at radius 1 is 0.189 bits per heavy atom. The summed E-state index contributed by atoms with van der Waals surface area (Å²) >= 11 is 0. The van der Waals surface area contributed by atoms with Gasteiger partial charge in [0.25, 0.3) is 0 Å². The Labute approximate surface area is 649 Å². The molecular weight excluding hydrogens is 1310 g/mol. The molecule has 5 rings (SSSR count). The summed E-state index contributed by atoms with van der Waals surface area (Å²) < 4.78 is 53.7. The SMILES string of the molecule is CCCCCCCCCCCCOc1cc(-c2nnc(-c3ccc(-c4nnc(-c5cc(OCCCCCCCCCCCC)c(OCCCCCCCCCCCC)c(OCCCCCCCCCCCC)c5)o4)cc3)o2)cc(OCCCCCCCCCCCC)c1OCCCCCCCCCCCC. The van der Waals surface area contributed by atoms with Crippen LogP contribution < -0.4 is 28.4 Å². The number of rotatable bonds is 76. The van der Waals surface area contributed by atoms with E-state index >= 15 is 0 Å². The lowest BCUT2D eigenvalue weighted by Crippen LogP contribution is -2.07. The Hall–Kier alpha value is -5.26. The molecule has 2 heterocycles. The number of aromatic nitrogens is 4. The van der Waals surface area contributed by atoms with E-state index < -0.39 is 0 Å². The minimum Gasteiger partial charge on any atom is -0.490 e. The molecule has 0 saturated heterocycles. The first-order valence-corrected chi connectivity index (χ1v) is 45.4. The van der Waals surface area contributed by atoms with E-state index in [2.05, 4.69) is 61.9 Å². The van der Waals surface area contributed by atoms with Crippen LogP contribution in [0, 0.1) is 0 Å². The minimum atomic E-state index is 0.392. The van der Waals surface area contributed by atoms with Gasteiger partial charge in [-0.15, -0.1) is 20.4 Å². The van der Waals surface area contributed by atoms with Gasteiger partial charge >= 0.3 is 0 Å². The normalized spacial score (nSPS) is 11.5. The Morgan fingerprint density at radius 2 is 0.340 bits per heavy atom. The summed E-state index contributed by atoms with van der Waals surface area (Å²) in [6.45, 7) is 17.3. The van der Waals surface area contributed by atoms with Crippen LogP contribution in [-0.2, 0) is 0 Å². The van der Waals surface area contributed by atoms with Crippen LogP contribution in [0.5, 0.6) is 34.5 Å². The number of ether oxygens (including phenoxy) is 6. The van der Waals surface area contributed by atoms with Crippen molar-refractivity contribution in [3.8, 4) is 80.3 Å². The molecule has 0 fully saturated rings. The van der Waals surface area contributed by atoms with Crippen LogP contribution in [0.15, 0.2) is 57.4 Å². The molecule has 3 aromatic carbocycles. The van der Waals surface area contributed by atoms with Crippen LogP contribution in [0.25, 0.3) is 45.8 Å². The van der Waals surface area contributed by atoms with Crippen molar-refractivity contribution in [2.75, 3.05) is 39.6 Å². The van der Waals surface area contributed by atoms with Crippen LogP contribution >= 0.6 is 0 Å². The molecule has 0 aliphatic carbocycles. The van der Waals surface area contributed by atoms with Crippen molar-refractivity contribution in [1.29, 1.82) is 0 Å². The van der Waals surface area contributed by atoms with Crippen molar-refractivity contribution in [2.45, 2.75) is 427 Å². The predicted octanol–water partition coefficient (Wildman–Crippen LogP) is 30.9.